The van der Waals surface area contributed by atoms with Gasteiger partial charge in [0.1, 0.15) is 0 Å². The van der Waals surface area contributed by atoms with Crippen molar-refractivity contribution in [3.8, 4) is 0 Å². The van der Waals surface area contributed by atoms with Crippen molar-refractivity contribution in [2.24, 2.45) is 11.1 Å². The monoisotopic (exact) mass is 339 g/mol. The molecule has 0 unspecified atom stereocenters. The maximum atomic E-state index is 12.1. The van der Waals surface area contributed by atoms with E-state index in [4.69, 9.17) is 5.14 Å². The van der Waals surface area contributed by atoms with Crippen molar-refractivity contribution >= 4 is 27.5 Å². The number of hydrogen-bond acceptors (Lipinski definition) is 4. The highest BCUT2D eigenvalue weighted by Gasteiger charge is 2.28. The SMILES string of the molecule is NS(=O)(=O)C[C@H]1CCN(C(=O)CCC(=O)Nc2ccccc2)C1. The van der Waals surface area contributed by atoms with Crippen molar-refractivity contribution in [1.29, 1.82) is 0 Å². The maximum absolute atomic E-state index is 12.1. The van der Waals surface area contributed by atoms with Gasteiger partial charge in [0.05, 0.1) is 5.75 Å². The normalized spacial score (nSPS) is 18.0. The van der Waals surface area contributed by atoms with Crippen molar-refractivity contribution in [3.63, 3.8) is 0 Å². The smallest absolute Gasteiger partial charge is 0.224 e. The lowest BCUT2D eigenvalue weighted by Crippen LogP contribution is -2.31. The minimum Gasteiger partial charge on any atom is -0.342 e. The highest BCUT2D eigenvalue weighted by atomic mass is 32.2. The third kappa shape index (κ3) is 5.99. The van der Waals surface area contributed by atoms with Crippen LogP contribution in [0.15, 0.2) is 30.3 Å². The predicted octanol–water partition coefficient (Wildman–Crippen LogP) is 0.542. The van der Waals surface area contributed by atoms with E-state index in [0.717, 1.165) is 0 Å². The highest BCUT2D eigenvalue weighted by Crippen LogP contribution is 2.18. The Balaban J connectivity index is 1.74. The minimum atomic E-state index is -3.52. The molecule has 1 heterocycles. The molecule has 0 aliphatic carbocycles. The van der Waals surface area contributed by atoms with E-state index < -0.39 is 10.0 Å². The summed E-state index contributed by atoms with van der Waals surface area (Å²) in [5.41, 5.74) is 0.694. The van der Waals surface area contributed by atoms with Crippen LogP contribution in [0.4, 0.5) is 5.69 Å². The Morgan fingerprint density at radius 2 is 1.91 bits per heavy atom. The predicted molar refractivity (Wildman–Crippen MR) is 87.0 cm³/mol. The number of likely N-dealkylation sites (tertiary alicyclic amines) is 1. The molecule has 1 atom stereocenters. The average molecular weight is 339 g/mol. The second kappa shape index (κ2) is 7.56. The van der Waals surface area contributed by atoms with Crippen LogP contribution < -0.4 is 10.5 Å². The summed E-state index contributed by atoms with van der Waals surface area (Å²) < 4.78 is 22.1. The summed E-state index contributed by atoms with van der Waals surface area (Å²) in [6.45, 7) is 0.898. The molecule has 1 aliphatic heterocycles. The molecule has 1 aliphatic rings. The lowest BCUT2D eigenvalue weighted by molar-refractivity contribution is -0.132. The van der Waals surface area contributed by atoms with Crippen molar-refractivity contribution in [2.45, 2.75) is 19.3 Å². The molecule has 1 aromatic carbocycles. The number of amides is 2. The summed E-state index contributed by atoms with van der Waals surface area (Å²) in [7, 11) is -3.52. The van der Waals surface area contributed by atoms with Gasteiger partial charge < -0.3 is 10.2 Å². The number of sulfonamides is 1. The average Bonchev–Trinajstić information content (AvgIpc) is 2.92. The molecule has 23 heavy (non-hydrogen) atoms. The van der Waals surface area contributed by atoms with E-state index in [1.807, 2.05) is 18.2 Å². The molecular formula is C15H21N3O4S. The number of hydrogen-bond donors (Lipinski definition) is 2. The first-order valence-electron chi connectivity index (χ1n) is 7.46. The first-order chi connectivity index (χ1) is 10.8. The van der Waals surface area contributed by atoms with E-state index in [9.17, 15) is 18.0 Å². The first kappa shape index (κ1) is 17.4. The standard InChI is InChI=1S/C15H21N3O4S/c16-23(21,22)11-12-8-9-18(10-12)15(20)7-6-14(19)17-13-4-2-1-3-5-13/h1-5,12H,6-11H2,(H,17,19)(H2,16,21,22)/t12-/m0/s1. The molecule has 0 saturated carbocycles. The minimum absolute atomic E-state index is 0.101. The van der Waals surface area contributed by atoms with E-state index in [0.29, 0.717) is 25.2 Å². The molecule has 0 spiro atoms. The van der Waals surface area contributed by atoms with Gasteiger partial charge in [-0.15, -0.1) is 0 Å². The molecule has 2 amide bonds. The third-order valence-electron chi connectivity index (χ3n) is 3.73. The lowest BCUT2D eigenvalue weighted by atomic mass is 10.2. The van der Waals surface area contributed by atoms with E-state index >= 15 is 0 Å². The number of primary sulfonamides is 1. The van der Waals surface area contributed by atoms with E-state index in [-0.39, 0.29) is 36.3 Å². The Labute approximate surface area is 135 Å². The van der Waals surface area contributed by atoms with Crippen LogP contribution in [-0.4, -0.2) is 44.0 Å². The molecule has 1 aromatic rings. The Morgan fingerprint density at radius 3 is 2.57 bits per heavy atom. The van der Waals surface area contributed by atoms with E-state index in [2.05, 4.69) is 5.32 Å². The zero-order valence-corrected chi connectivity index (χ0v) is 13.6. The number of nitrogens with one attached hydrogen (secondary N) is 1. The maximum Gasteiger partial charge on any atom is 0.224 e. The van der Waals surface area contributed by atoms with Gasteiger partial charge >= 0.3 is 0 Å². The van der Waals surface area contributed by atoms with Crippen LogP contribution in [0.25, 0.3) is 0 Å². The second-order valence-electron chi connectivity index (χ2n) is 5.74. The van der Waals surface area contributed by atoms with Gasteiger partial charge in [0.15, 0.2) is 0 Å². The summed E-state index contributed by atoms with van der Waals surface area (Å²) in [5, 5.41) is 7.75. The number of nitrogens with zero attached hydrogens (tertiary/aromatic N) is 1. The Kier molecular flexibility index (Phi) is 5.73. The summed E-state index contributed by atoms with van der Waals surface area (Å²) in [4.78, 5) is 25.5. The molecule has 7 nitrogen and oxygen atoms in total. The van der Waals surface area contributed by atoms with E-state index in [1.165, 1.54) is 0 Å². The van der Waals surface area contributed by atoms with Crippen LogP contribution in [0.1, 0.15) is 19.3 Å². The molecule has 1 saturated heterocycles. The van der Waals surface area contributed by atoms with Gasteiger partial charge in [0.25, 0.3) is 0 Å². The number of nitrogens with two attached hydrogens (primary N) is 1. The summed E-state index contributed by atoms with van der Waals surface area (Å²) in [6, 6.07) is 9.04. The Hall–Kier alpha value is -1.93. The van der Waals surface area contributed by atoms with E-state index in [1.54, 1.807) is 17.0 Å². The number of benzene rings is 1. The van der Waals surface area contributed by atoms with Crippen molar-refractivity contribution < 1.29 is 18.0 Å². The number of para-hydroxylation sites is 1. The van der Waals surface area contributed by atoms with Crippen LogP contribution in [0.3, 0.4) is 0 Å². The molecular weight excluding hydrogens is 318 g/mol. The molecule has 3 N–H and O–H groups in total. The van der Waals surface area contributed by atoms with Crippen LogP contribution in [0.2, 0.25) is 0 Å². The van der Waals surface area contributed by atoms with Crippen molar-refractivity contribution in [3.05, 3.63) is 30.3 Å². The number of carbonyl (C=O) groups excluding carboxylic acids is 2. The number of carbonyl (C=O) groups is 2. The zero-order chi connectivity index (χ0) is 16.9. The fraction of sp³-hybridized carbons (Fsp3) is 0.467. The largest absolute Gasteiger partial charge is 0.342 e. The van der Waals surface area contributed by atoms with Gasteiger partial charge in [0, 0.05) is 31.6 Å². The highest BCUT2D eigenvalue weighted by molar-refractivity contribution is 7.89. The fourth-order valence-electron chi connectivity index (χ4n) is 2.65. The van der Waals surface area contributed by atoms with Gasteiger partial charge in [-0.2, -0.15) is 0 Å². The molecule has 2 rings (SSSR count). The summed E-state index contributed by atoms with van der Waals surface area (Å²) >= 11 is 0. The van der Waals surface area contributed by atoms with Crippen LogP contribution in [0.5, 0.6) is 0 Å². The molecule has 8 heteroatoms. The molecule has 0 radical (unpaired) electrons. The van der Waals surface area contributed by atoms with Crippen molar-refractivity contribution in [2.75, 3.05) is 24.2 Å². The molecule has 0 aromatic heterocycles. The quantitative estimate of drug-likeness (QED) is 0.788. The lowest BCUT2D eigenvalue weighted by Gasteiger charge is -2.16. The summed E-state index contributed by atoms with van der Waals surface area (Å²) in [5.74, 6) is -0.576. The van der Waals surface area contributed by atoms with Gasteiger partial charge in [-0.05, 0) is 24.5 Å². The molecule has 126 valence electrons. The number of rotatable bonds is 6. The van der Waals surface area contributed by atoms with Gasteiger partial charge in [0.2, 0.25) is 21.8 Å². The fourth-order valence-corrected chi connectivity index (χ4v) is 3.58. The zero-order valence-electron chi connectivity index (χ0n) is 12.8. The van der Waals surface area contributed by atoms with Gasteiger partial charge in [-0.3, -0.25) is 9.59 Å². The first-order valence-corrected chi connectivity index (χ1v) is 9.18. The third-order valence-corrected chi connectivity index (χ3v) is 4.67. The topological polar surface area (TPSA) is 110 Å². The van der Waals surface area contributed by atoms with Gasteiger partial charge in [-0.1, -0.05) is 18.2 Å². The number of anilines is 1. The Morgan fingerprint density at radius 1 is 1.22 bits per heavy atom. The van der Waals surface area contributed by atoms with Crippen LogP contribution >= 0.6 is 0 Å². The van der Waals surface area contributed by atoms with Crippen molar-refractivity contribution in [1.82, 2.24) is 4.90 Å². The Bertz CT molecular complexity index is 661. The second-order valence-corrected chi connectivity index (χ2v) is 7.40. The summed E-state index contributed by atoms with van der Waals surface area (Å²) in [6.07, 6.45) is 0.837. The van der Waals surface area contributed by atoms with Crippen LogP contribution in [0, 0.1) is 5.92 Å². The molecule has 0 bridgehead atoms. The van der Waals surface area contributed by atoms with Gasteiger partial charge in [-0.25, -0.2) is 13.6 Å². The molecule has 1 fully saturated rings. The van der Waals surface area contributed by atoms with Crippen LogP contribution in [-0.2, 0) is 19.6 Å².